The van der Waals surface area contributed by atoms with Gasteiger partial charge in [0, 0.05) is 49.7 Å². The molecule has 3 aromatic rings. The van der Waals surface area contributed by atoms with Crippen molar-refractivity contribution in [3.05, 3.63) is 75.8 Å². The van der Waals surface area contributed by atoms with Gasteiger partial charge in [-0.1, -0.05) is 17.7 Å². The number of pyridine rings is 2. The highest BCUT2D eigenvalue weighted by Crippen LogP contribution is 2.15. The number of morpholine rings is 1. The Morgan fingerprint density at radius 1 is 1.24 bits per heavy atom. The molecule has 1 fully saturated rings. The molecule has 7 nitrogen and oxygen atoms in total. The Kier molecular flexibility index (Phi) is 8.04. The average Bonchev–Trinajstić information content (AvgIpc) is 2.83. The van der Waals surface area contributed by atoms with Gasteiger partial charge >= 0.3 is 0 Å². The van der Waals surface area contributed by atoms with Gasteiger partial charge in [0.05, 0.1) is 19.8 Å². The lowest BCUT2D eigenvalue weighted by Gasteiger charge is -2.28. The quantitative estimate of drug-likeness (QED) is 0.391. The number of aromatic amines is 1. The maximum Gasteiger partial charge on any atom is 0.253 e. The van der Waals surface area contributed by atoms with Gasteiger partial charge in [0.25, 0.3) is 5.56 Å². The summed E-state index contributed by atoms with van der Waals surface area (Å²) in [7, 11) is 0. The summed E-state index contributed by atoms with van der Waals surface area (Å²) in [6, 6.07) is 11.9. The van der Waals surface area contributed by atoms with Crippen LogP contribution in [0.2, 0.25) is 0 Å². The van der Waals surface area contributed by atoms with Crippen LogP contribution in [0.5, 0.6) is 0 Å². The highest BCUT2D eigenvalue weighted by atomic mass is 32.1. The van der Waals surface area contributed by atoms with Crippen LogP contribution in [0.15, 0.2) is 53.6 Å². The van der Waals surface area contributed by atoms with Crippen LogP contribution in [0.3, 0.4) is 0 Å². The molecule has 33 heavy (non-hydrogen) atoms. The normalized spacial score (nSPS) is 14.3. The largest absolute Gasteiger partial charge is 0.379 e. The zero-order valence-corrected chi connectivity index (χ0v) is 19.9. The third-order valence-corrected chi connectivity index (χ3v) is 6.25. The molecule has 174 valence electrons. The van der Waals surface area contributed by atoms with Gasteiger partial charge < -0.3 is 19.9 Å². The molecule has 8 heteroatoms. The Balaban J connectivity index is 1.45. The van der Waals surface area contributed by atoms with Gasteiger partial charge in [-0.05, 0) is 67.3 Å². The maximum atomic E-state index is 12.8. The van der Waals surface area contributed by atoms with Crippen LogP contribution in [0, 0.1) is 6.92 Å². The van der Waals surface area contributed by atoms with E-state index in [1.54, 1.807) is 6.20 Å². The Bertz CT molecular complexity index is 1130. The molecule has 0 spiro atoms. The fourth-order valence-corrected chi connectivity index (χ4v) is 4.27. The Morgan fingerprint density at radius 3 is 2.88 bits per heavy atom. The van der Waals surface area contributed by atoms with E-state index in [0.717, 1.165) is 67.8 Å². The molecular weight excluding hydrogens is 434 g/mol. The minimum absolute atomic E-state index is 0.0855. The van der Waals surface area contributed by atoms with Crippen molar-refractivity contribution in [1.82, 2.24) is 25.1 Å². The number of hydrogen-bond donors (Lipinski definition) is 2. The van der Waals surface area contributed by atoms with Crippen LogP contribution in [0.1, 0.15) is 23.1 Å². The topological polar surface area (TPSA) is 73.5 Å². The van der Waals surface area contributed by atoms with Crippen LogP contribution >= 0.6 is 12.2 Å². The maximum absolute atomic E-state index is 12.8. The number of ether oxygens (including phenoxy) is 1. The summed E-state index contributed by atoms with van der Waals surface area (Å²) in [5, 5.41) is 5.06. The van der Waals surface area contributed by atoms with Crippen LogP contribution in [-0.2, 0) is 17.8 Å². The molecule has 0 atom stereocenters. The fourth-order valence-electron chi connectivity index (χ4n) is 4.04. The van der Waals surface area contributed by atoms with E-state index in [1.807, 2.05) is 41.4 Å². The van der Waals surface area contributed by atoms with Crippen molar-refractivity contribution < 1.29 is 4.74 Å². The Labute approximate surface area is 199 Å². The van der Waals surface area contributed by atoms with Crippen molar-refractivity contribution in [2.45, 2.75) is 26.4 Å². The summed E-state index contributed by atoms with van der Waals surface area (Å²) in [5.74, 6) is 0. The third-order valence-electron chi connectivity index (χ3n) is 5.85. The van der Waals surface area contributed by atoms with Crippen LogP contribution < -0.4 is 10.9 Å². The monoisotopic (exact) mass is 465 g/mol. The van der Waals surface area contributed by atoms with Gasteiger partial charge in [0.15, 0.2) is 5.11 Å². The molecule has 1 aliphatic heterocycles. The van der Waals surface area contributed by atoms with Crippen molar-refractivity contribution in [3.63, 3.8) is 0 Å². The van der Waals surface area contributed by atoms with E-state index in [9.17, 15) is 4.79 Å². The van der Waals surface area contributed by atoms with Gasteiger partial charge in [-0.15, -0.1) is 0 Å². The van der Waals surface area contributed by atoms with Crippen molar-refractivity contribution in [2.24, 2.45) is 0 Å². The molecule has 0 saturated carbocycles. The second kappa shape index (κ2) is 11.4. The predicted molar refractivity (Wildman–Crippen MR) is 135 cm³/mol. The molecule has 0 bridgehead atoms. The van der Waals surface area contributed by atoms with E-state index in [1.165, 1.54) is 0 Å². The third kappa shape index (κ3) is 6.60. The van der Waals surface area contributed by atoms with Gasteiger partial charge in [0.1, 0.15) is 0 Å². The molecule has 3 heterocycles. The molecule has 4 rings (SSSR count). The van der Waals surface area contributed by atoms with E-state index in [-0.39, 0.29) is 5.56 Å². The number of aryl methyl sites for hydroxylation is 1. The predicted octanol–water partition coefficient (Wildman–Crippen LogP) is 2.83. The summed E-state index contributed by atoms with van der Waals surface area (Å²) in [4.78, 5) is 24.5. The molecule has 1 saturated heterocycles. The molecule has 2 N–H and O–H groups in total. The minimum atomic E-state index is -0.0855. The smallest absolute Gasteiger partial charge is 0.253 e. The number of benzene rings is 1. The standard InChI is InChI=1S/C25H31N5O2S/c1-19-5-6-23-21(14-19)15-22(24(31)28-23)18-30(17-20-4-2-7-26-16-20)25(33)27-8-3-9-29-10-12-32-13-11-29/h2,4-7,14-16H,3,8-13,17-18H2,1H3,(H,27,33)(H,28,31). The van der Waals surface area contributed by atoms with Crippen LogP contribution in [0.25, 0.3) is 10.9 Å². The molecule has 0 aliphatic carbocycles. The zero-order valence-electron chi connectivity index (χ0n) is 19.0. The molecular formula is C25H31N5O2S. The van der Waals surface area contributed by atoms with Gasteiger partial charge in [-0.2, -0.15) is 0 Å². The van der Waals surface area contributed by atoms with Crippen molar-refractivity contribution in [2.75, 3.05) is 39.4 Å². The van der Waals surface area contributed by atoms with Gasteiger partial charge in [-0.3, -0.25) is 14.7 Å². The lowest BCUT2D eigenvalue weighted by atomic mass is 10.1. The van der Waals surface area contributed by atoms with Crippen molar-refractivity contribution in [3.8, 4) is 0 Å². The summed E-state index contributed by atoms with van der Waals surface area (Å²) in [6.45, 7) is 8.45. The van der Waals surface area contributed by atoms with Crippen LogP contribution in [-0.4, -0.2) is 64.3 Å². The zero-order chi connectivity index (χ0) is 23.0. The lowest BCUT2D eigenvalue weighted by molar-refractivity contribution is 0.0376. The van der Waals surface area contributed by atoms with E-state index < -0.39 is 0 Å². The first-order valence-electron chi connectivity index (χ1n) is 11.4. The summed E-state index contributed by atoms with van der Waals surface area (Å²) in [5.41, 5.74) is 3.65. The number of thiocarbonyl (C=S) groups is 1. The molecule has 0 unspecified atom stereocenters. The summed E-state index contributed by atoms with van der Waals surface area (Å²) in [6.07, 6.45) is 4.59. The van der Waals surface area contributed by atoms with E-state index in [2.05, 4.69) is 33.2 Å². The van der Waals surface area contributed by atoms with E-state index >= 15 is 0 Å². The number of aromatic nitrogens is 2. The van der Waals surface area contributed by atoms with Crippen molar-refractivity contribution >= 4 is 28.2 Å². The van der Waals surface area contributed by atoms with Crippen LogP contribution in [0.4, 0.5) is 0 Å². The average molecular weight is 466 g/mol. The summed E-state index contributed by atoms with van der Waals surface area (Å²) >= 11 is 5.75. The second-order valence-electron chi connectivity index (χ2n) is 8.47. The minimum Gasteiger partial charge on any atom is -0.379 e. The first kappa shape index (κ1) is 23.4. The fraction of sp³-hybridized carbons (Fsp3) is 0.400. The van der Waals surface area contributed by atoms with E-state index in [0.29, 0.717) is 23.8 Å². The Hall–Kier alpha value is -2.81. The lowest BCUT2D eigenvalue weighted by Crippen LogP contribution is -2.42. The molecule has 1 aromatic carbocycles. The molecule has 0 radical (unpaired) electrons. The van der Waals surface area contributed by atoms with Crippen molar-refractivity contribution in [1.29, 1.82) is 0 Å². The highest BCUT2D eigenvalue weighted by Gasteiger charge is 2.15. The Morgan fingerprint density at radius 2 is 2.09 bits per heavy atom. The number of nitrogens with one attached hydrogen (secondary N) is 2. The number of rotatable bonds is 8. The number of fused-ring (bicyclic) bond motifs is 1. The molecule has 2 aromatic heterocycles. The number of nitrogens with zero attached hydrogens (tertiary/aromatic N) is 3. The SMILES string of the molecule is Cc1ccc2[nH]c(=O)c(CN(Cc3cccnc3)C(=S)NCCCN3CCOCC3)cc2c1. The molecule has 1 aliphatic rings. The second-order valence-corrected chi connectivity index (χ2v) is 8.86. The van der Waals surface area contributed by atoms with Gasteiger partial charge in [0.2, 0.25) is 0 Å². The summed E-state index contributed by atoms with van der Waals surface area (Å²) < 4.78 is 5.41. The highest BCUT2D eigenvalue weighted by molar-refractivity contribution is 7.80. The first-order chi connectivity index (χ1) is 16.1. The molecule has 0 amide bonds. The number of H-pyrrole nitrogens is 1. The van der Waals surface area contributed by atoms with E-state index in [4.69, 9.17) is 17.0 Å². The van der Waals surface area contributed by atoms with Gasteiger partial charge in [-0.25, -0.2) is 0 Å². The first-order valence-corrected chi connectivity index (χ1v) is 11.8. The number of hydrogen-bond acceptors (Lipinski definition) is 5.